The predicted molar refractivity (Wildman–Crippen MR) is 84.6 cm³/mol. The number of anilines is 1. The number of carboxylic acid groups (broad SMARTS) is 1. The van der Waals surface area contributed by atoms with Gasteiger partial charge in [-0.25, -0.2) is 4.79 Å². The van der Waals surface area contributed by atoms with Crippen LogP contribution in [0, 0.1) is 6.92 Å². The van der Waals surface area contributed by atoms with Crippen molar-refractivity contribution in [2.75, 3.05) is 5.32 Å². The van der Waals surface area contributed by atoms with Gasteiger partial charge in [-0.2, -0.15) is 0 Å². The van der Waals surface area contributed by atoms with E-state index >= 15 is 0 Å². The number of hydrogen-bond donors (Lipinski definition) is 2. The van der Waals surface area contributed by atoms with Gasteiger partial charge in [0.15, 0.2) is 0 Å². The molecular formula is C15H13BrClNO2. The van der Waals surface area contributed by atoms with Gasteiger partial charge in [-0.1, -0.05) is 39.7 Å². The van der Waals surface area contributed by atoms with E-state index in [9.17, 15) is 4.79 Å². The van der Waals surface area contributed by atoms with E-state index in [0.29, 0.717) is 11.6 Å². The molecule has 0 fully saturated rings. The summed E-state index contributed by atoms with van der Waals surface area (Å²) in [6, 6.07) is 10.7. The first-order valence-electron chi connectivity index (χ1n) is 5.99. The Kier molecular flexibility index (Phi) is 4.68. The Labute approximate surface area is 130 Å². The Morgan fingerprint density at radius 2 is 2.05 bits per heavy atom. The second kappa shape index (κ2) is 6.29. The van der Waals surface area contributed by atoms with Crippen LogP contribution in [0.3, 0.4) is 0 Å². The Hall–Kier alpha value is -1.52. The van der Waals surface area contributed by atoms with Gasteiger partial charge in [-0.05, 0) is 42.3 Å². The molecule has 0 amide bonds. The quantitative estimate of drug-likeness (QED) is 0.835. The van der Waals surface area contributed by atoms with Crippen LogP contribution in [-0.2, 0) is 6.54 Å². The standard InChI is InChI=1S/C15H13BrClNO2/c1-9-2-5-13(17)14(6-9)18-8-11-4-3-10(15(19)20)7-12(11)16/h2-7,18H,8H2,1H3,(H,19,20). The van der Waals surface area contributed by atoms with Gasteiger partial charge in [0.25, 0.3) is 0 Å². The summed E-state index contributed by atoms with van der Waals surface area (Å²) in [5, 5.41) is 12.8. The first-order valence-corrected chi connectivity index (χ1v) is 7.16. The van der Waals surface area contributed by atoms with E-state index in [1.54, 1.807) is 18.2 Å². The number of rotatable bonds is 4. The van der Waals surface area contributed by atoms with Crippen LogP contribution in [0.15, 0.2) is 40.9 Å². The molecule has 0 heterocycles. The van der Waals surface area contributed by atoms with Gasteiger partial charge in [0.1, 0.15) is 0 Å². The van der Waals surface area contributed by atoms with Gasteiger partial charge < -0.3 is 10.4 Å². The Morgan fingerprint density at radius 1 is 1.30 bits per heavy atom. The third-order valence-electron chi connectivity index (χ3n) is 2.89. The molecule has 20 heavy (non-hydrogen) atoms. The van der Waals surface area contributed by atoms with Gasteiger partial charge >= 0.3 is 5.97 Å². The Morgan fingerprint density at radius 3 is 2.70 bits per heavy atom. The molecule has 0 unspecified atom stereocenters. The molecule has 2 rings (SSSR count). The summed E-state index contributed by atoms with van der Waals surface area (Å²) in [4.78, 5) is 10.9. The van der Waals surface area contributed by atoms with Gasteiger partial charge in [-0.15, -0.1) is 0 Å². The minimum Gasteiger partial charge on any atom is -0.478 e. The van der Waals surface area contributed by atoms with Gasteiger partial charge in [-0.3, -0.25) is 0 Å². The van der Waals surface area contributed by atoms with E-state index in [-0.39, 0.29) is 5.56 Å². The summed E-state index contributed by atoms with van der Waals surface area (Å²) >= 11 is 9.50. The topological polar surface area (TPSA) is 49.3 Å². The summed E-state index contributed by atoms with van der Waals surface area (Å²) in [6.07, 6.45) is 0. The number of hydrogen-bond acceptors (Lipinski definition) is 2. The minimum absolute atomic E-state index is 0.259. The van der Waals surface area contributed by atoms with Crippen LogP contribution in [0.1, 0.15) is 21.5 Å². The van der Waals surface area contributed by atoms with Crippen molar-refractivity contribution in [3.8, 4) is 0 Å². The molecule has 0 aliphatic carbocycles. The second-order valence-electron chi connectivity index (χ2n) is 4.45. The molecule has 0 aliphatic rings. The molecule has 2 aromatic carbocycles. The molecule has 2 aromatic rings. The van der Waals surface area contributed by atoms with E-state index in [1.165, 1.54) is 0 Å². The zero-order valence-corrected chi connectivity index (χ0v) is 13.1. The van der Waals surface area contributed by atoms with Crippen LogP contribution >= 0.6 is 27.5 Å². The van der Waals surface area contributed by atoms with Crippen molar-refractivity contribution in [2.24, 2.45) is 0 Å². The average Bonchev–Trinajstić information content (AvgIpc) is 2.40. The zero-order valence-electron chi connectivity index (χ0n) is 10.8. The van der Waals surface area contributed by atoms with Crippen LogP contribution in [0.4, 0.5) is 5.69 Å². The first kappa shape index (κ1) is 14.9. The van der Waals surface area contributed by atoms with E-state index < -0.39 is 5.97 Å². The maximum atomic E-state index is 10.9. The van der Waals surface area contributed by atoms with Crippen molar-refractivity contribution in [1.29, 1.82) is 0 Å². The van der Waals surface area contributed by atoms with E-state index in [4.69, 9.17) is 16.7 Å². The lowest BCUT2D eigenvalue weighted by Gasteiger charge is -2.11. The Bertz CT molecular complexity index is 658. The molecule has 0 saturated heterocycles. The molecular weight excluding hydrogens is 342 g/mol. The van der Waals surface area contributed by atoms with Crippen molar-refractivity contribution in [2.45, 2.75) is 13.5 Å². The molecule has 0 aliphatic heterocycles. The number of aryl methyl sites for hydroxylation is 1. The van der Waals surface area contributed by atoms with Crippen LogP contribution in [-0.4, -0.2) is 11.1 Å². The number of halogens is 2. The molecule has 0 aromatic heterocycles. The SMILES string of the molecule is Cc1ccc(Cl)c(NCc2ccc(C(=O)O)cc2Br)c1. The third-order valence-corrected chi connectivity index (χ3v) is 3.96. The number of aromatic carboxylic acids is 1. The van der Waals surface area contributed by atoms with Crippen molar-refractivity contribution < 1.29 is 9.90 Å². The van der Waals surface area contributed by atoms with Crippen LogP contribution in [0.2, 0.25) is 5.02 Å². The van der Waals surface area contributed by atoms with Crippen molar-refractivity contribution in [3.63, 3.8) is 0 Å². The molecule has 0 radical (unpaired) electrons. The summed E-state index contributed by atoms with van der Waals surface area (Å²) in [6.45, 7) is 2.56. The highest BCUT2D eigenvalue weighted by Crippen LogP contribution is 2.25. The van der Waals surface area contributed by atoms with Crippen LogP contribution < -0.4 is 5.32 Å². The fourth-order valence-corrected chi connectivity index (χ4v) is 2.49. The lowest BCUT2D eigenvalue weighted by Crippen LogP contribution is -2.03. The smallest absolute Gasteiger partial charge is 0.335 e. The fraction of sp³-hybridized carbons (Fsp3) is 0.133. The second-order valence-corrected chi connectivity index (χ2v) is 5.71. The van der Waals surface area contributed by atoms with Gasteiger partial charge in [0, 0.05) is 11.0 Å². The Balaban J connectivity index is 2.15. The van der Waals surface area contributed by atoms with Crippen molar-refractivity contribution >= 4 is 39.2 Å². The molecule has 0 atom stereocenters. The highest BCUT2D eigenvalue weighted by atomic mass is 79.9. The molecule has 104 valence electrons. The number of carboxylic acids is 1. The van der Waals surface area contributed by atoms with Crippen molar-refractivity contribution in [1.82, 2.24) is 0 Å². The highest BCUT2D eigenvalue weighted by Gasteiger charge is 2.07. The predicted octanol–water partition coefficient (Wildman–Crippen LogP) is 4.72. The molecule has 0 saturated carbocycles. The molecule has 5 heteroatoms. The number of carbonyl (C=O) groups is 1. The summed E-state index contributed by atoms with van der Waals surface area (Å²) in [5.41, 5.74) is 3.21. The average molecular weight is 355 g/mol. The maximum absolute atomic E-state index is 10.9. The van der Waals surface area contributed by atoms with Crippen LogP contribution in [0.25, 0.3) is 0 Å². The molecule has 3 nitrogen and oxygen atoms in total. The molecule has 0 bridgehead atoms. The van der Waals surface area contributed by atoms with Gasteiger partial charge in [0.2, 0.25) is 0 Å². The fourth-order valence-electron chi connectivity index (χ4n) is 1.79. The summed E-state index contributed by atoms with van der Waals surface area (Å²) in [5.74, 6) is -0.938. The molecule has 0 spiro atoms. The van der Waals surface area contributed by atoms with E-state index in [0.717, 1.165) is 21.3 Å². The third kappa shape index (κ3) is 3.52. The zero-order chi connectivity index (χ0) is 14.7. The lowest BCUT2D eigenvalue weighted by molar-refractivity contribution is 0.0697. The lowest BCUT2D eigenvalue weighted by atomic mass is 10.1. The summed E-state index contributed by atoms with van der Waals surface area (Å²) in [7, 11) is 0. The monoisotopic (exact) mass is 353 g/mol. The van der Waals surface area contributed by atoms with Crippen molar-refractivity contribution in [3.05, 3.63) is 62.6 Å². The molecule has 2 N–H and O–H groups in total. The van der Waals surface area contributed by atoms with Crippen LogP contribution in [0.5, 0.6) is 0 Å². The van der Waals surface area contributed by atoms with E-state index in [2.05, 4.69) is 21.2 Å². The number of nitrogens with one attached hydrogen (secondary N) is 1. The van der Waals surface area contributed by atoms with E-state index in [1.807, 2.05) is 25.1 Å². The normalized spacial score (nSPS) is 10.3. The first-order chi connectivity index (χ1) is 9.47. The largest absolute Gasteiger partial charge is 0.478 e. The highest BCUT2D eigenvalue weighted by molar-refractivity contribution is 9.10. The maximum Gasteiger partial charge on any atom is 0.335 e. The van der Waals surface area contributed by atoms with Gasteiger partial charge in [0.05, 0.1) is 16.3 Å². The minimum atomic E-state index is -0.938. The summed E-state index contributed by atoms with van der Waals surface area (Å²) < 4.78 is 0.758. The number of benzene rings is 2.